The number of carbonyl (C=O) groups is 2. The van der Waals surface area contributed by atoms with E-state index in [0.29, 0.717) is 17.4 Å². The van der Waals surface area contributed by atoms with E-state index in [4.69, 9.17) is 18.5 Å². The van der Waals surface area contributed by atoms with Crippen LogP contribution in [-0.4, -0.2) is 74.9 Å². The lowest BCUT2D eigenvalue weighted by Gasteiger charge is -2.24. The molecule has 0 saturated carbocycles. The first kappa shape index (κ1) is 46.0. The first-order valence-electron chi connectivity index (χ1n) is 19.3. The van der Waals surface area contributed by atoms with E-state index in [0.717, 1.165) is 38.5 Å². The molecule has 280 valence electrons. The summed E-state index contributed by atoms with van der Waals surface area (Å²) in [6.07, 6.45) is 27.3. The molecule has 0 amide bonds. The Bertz CT molecular complexity index is 789. The maximum absolute atomic E-state index is 12.6. The summed E-state index contributed by atoms with van der Waals surface area (Å²) in [5.41, 5.74) is 0. The van der Waals surface area contributed by atoms with Crippen LogP contribution in [0.4, 0.5) is 0 Å². The van der Waals surface area contributed by atoms with Crippen LogP contribution in [-0.2, 0) is 32.7 Å². The number of carbonyl (C=O) groups excluding carboxylic acids is 2. The first-order valence-corrected chi connectivity index (χ1v) is 20.8. The van der Waals surface area contributed by atoms with Gasteiger partial charge in [-0.3, -0.25) is 18.6 Å². The molecule has 0 saturated heterocycles. The molecule has 1 N–H and O–H groups in total. The molecular weight excluding hydrogens is 617 g/mol. The number of hydrogen-bond donors (Lipinski definition) is 1. The van der Waals surface area contributed by atoms with Gasteiger partial charge in [-0.05, 0) is 12.8 Å². The molecule has 2 unspecified atom stereocenters. The smallest absolute Gasteiger partial charge is 0.462 e. The van der Waals surface area contributed by atoms with Gasteiger partial charge in [0.05, 0.1) is 27.7 Å². The average Bonchev–Trinajstić information content (AvgIpc) is 3.01. The van der Waals surface area contributed by atoms with Gasteiger partial charge >= 0.3 is 19.8 Å². The van der Waals surface area contributed by atoms with Crippen molar-refractivity contribution in [2.45, 2.75) is 180 Å². The van der Waals surface area contributed by atoms with E-state index in [-0.39, 0.29) is 25.6 Å². The van der Waals surface area contributed by atoms with Gasteiger partial charge in [-0.25, -0.2) is 4.57 Å². The van der Waals surface area contributed by atoms with E-state index in [1.807, 2.05) is 21.1 Å². The van der Waals surface area contributed by atoms with Gasteiger partial charge in [0.1, 0.15) is 19.8 Å². The van der Waals surface area contributed by atoms with Crippen LogP contribution in [0.5, 0.6) is 0 Å². The SMILES string of the molecule is CCCCCCCCCCCCCCCCCCC(=O)OC(COC(=O)CCCCCCCCC)COP(=O)(O)OCC[N+](C)(C)C. The van der Waals surface area contributed by atoms with Crippen LogP contribution < -0.4 is 0 Å². The molecule has 47 heavy (non-hydrogen) atoms. The second-order valence-corrected chi connectivity index (χ2v) is 15.8. The molecule has 10 heteroatoms. The summed E-state index contributed by atoms with van der Waals surface area (Å²) in [5.74, 6) is -0.797. The molecule has 0 rings (SSSR count). The number of likely N-dealkylation sites (N-methyl/N-ethyl adjacent to an activating group) is 1. The molecule has 0 bridgehead atoms. The Hall–Kier alpha value is -0.990. The molecule has 0 heterocycles. The highest BCUT2D eigenvalue weighted by Crippen LogP contribution is 2.43. The Morgan fingerprint density at radius 3 is 1.36 bits per heavy atom. The standard InChI is InChI=1S/C37H74NO8P/c1-6-8-10-12-14-15-16-17-18-19-20-21-22-24-26-28-30-37(40)46-35(34-45-47(41,42)44-32-31-38(3,4)5)33-43-36(39)29-27-25-23-13-11-9-7-2/h35H,6-34H2,1-5H3/p+1. The van der Waals surface area contributed by atoms with E-state index in [1.165, 1.54) is 109 Å². The molecule has 0 aromatic carbocycles. The molecule has 0 aliphatic heterocycles. The number of phosphoric ester groups is 1. The summed E-state index contributed by atoms with van der Waals surface area (Å²) in [6.45, 7) is 4.38. The van der Waals surface area contributed by atoms with Crippen molar-refractivity contribution in [1.29, 1.82) is 0 Å². The molecule has 0 aliphatic rings. The minimum absolute atomic E-state index is 0.0361. The van der Waals surface area contributed by atoms with E-state index < -0.39 is 26.5 Å². The maximum Gasteiger partial charge on any atom is 0.472 e. The van der Waals surface area contributed by atoms with Gasteiger partial charge < -0.3 is 18.9 Å². The molecule has 9 nitrogen and oxygen atoms in total. The van der Waals surface area contributed by atoms with Crippen molar-refractivity contribution in [3.8, 4) is 0 Å². The van der Waals surface area contributed by atoms with Crippen molar-refractivity contribution >= 4 is 19.8 Å². The number of quaternary nitrogens is 1. The number of rotatable bonds is 35. The lowest BCUT2D eigenvalue weighted by molar-refractivity contribution is -0.870. The molecule has 0 aliphatic carbocycles. The number of phosphoric acid groups is 1. The topological polar surface area (TPSA) is 108 Å². The molecule has 0 spiro atoms. The number of esters is 2. The molecule has 0 aromatic rings. The summed E-state index contributed by atoms with van der Waals surface area (Å²) < 4.78 is 34.1. The number of unbranched alkanes of at least 4 members (excludes halogenated alkanes) is 21. The summed E-state index contributed by atoms with van der Waals surface area (Å²) in [4.78, 5) is 35.0. The molecule has 2 atom stereocenters. The highest BCUT2D eigenvalue weighted by molar-refractivity contribution is 7.47. The van der Waals surface area contributed by atoms with Crippen LogP contribution >= 0.6 is 7.82 Å². The minimum atomic E-state index is -4.35. The van der Waals surface area contributed by atoms with Crippen LogP contribution in [0.15, 0.2) is 0 Å². The van der Waals surface area contributed by atoms with Gasteiger partial charge in [-0.2, -0.15) is 0 Å². The van der Waals surface area contributed by atoms with E-state index >= 15 is 0 Å². The van der Waals surface area contributed by atoms with Crippen molar-refractivity contribution in [2.75, 3.05) is 47.5 Å². The van der Waals surface area contributed by atoms with Crippen LogP contribution in [0.3, 0.4) is 0 Å². The number of hydrogen-bond acceptors (Lipinski definition) is 7. The monoisotopic (exact) mass is 693 g/mol. The zero-order valence-corrected chi connectivity index (χ0v) is 32.2. The van der Waals surface area contributed by atoms with E-state index in [2.05, 4.69) is 13.8 Å². The zero-order valence-electron chi connectivity index (χ0n) is 31.3. The number of ether oxygens (including phenoxy) is 2. The van der Waals surface area contributed by atoms with Gasteiger partial charge in [0.25, 0.3) is 0 Å². The average molecular weight is 693 g/mol. The maximum atomic E-state index is 12.6. The predicted octanol–water partition coefficient (Wildman–Crippen LogP) is 10.1. The third-order valence-electron chi connectivity index (χ3n) is 8.39. The van der Waals surface area contributed by atoms with Crippen LogP contribution in [0.2, 0.25) is 0 Å². The molecule has 0 aromatic heterocycles. The van der Waals surface area contributed by atoms with E-state index in [9.17, 15) is 19.0 Å². The fourth-order valence-corrected chi connectivity index (χ4v) is 6.05. The summed E-state index contributed by atoms with van der Waals surface area (Å²) in [6, 6.07) is 0. The second kappa shape index (κ2) is 31.0. The van der Waals surface area contributed by atoms with Crippen molar-refractivity contribution in [3.05, 3.63) is 0 Å². The van der Waals surface area contributed by atoms with Gasteiger partial charge in [0.2, 0.25) is 0 Å². The van der Waals surface area contributed by atoms with Gasteiger partial charge in [-0.1, -0.05) is 149 Å². The quantitative estimate of drug-likeness (QED) is 0.0303. The third kappa shape index (κ3) is 34.7. The zero-order chi connectivity index (χ0) is 35.1. The Balaban J connectivity index is 4.32. The fraction of sp³-hybridized carbons (Fsp3) is 0.946. The molecular formula is C37H75NO8P+. The highest BCUT2D eigenvalue weighted by atomic mass is 31.2. The Labute approximate surface area is 289 Å². The van der Waals surface area contributed by atoms with Crippen LogP contribution in [0, 0.1) is 0 Å². The Morgan fingerprint density at radius 2 is 0.957 bits per heavy atom. The van der Waals surface area contributed by atoms with Gasteiger partial charge in [-0.15, -0.1) is 0 Å². The van der Waals surface area contributed by atoms with Crippen molar-refractivity contribution in [3.63, 3.8) is 0 Å². The van der Waals surface area contributed by atoms with Gasteiger partial charge in [0.15, 0.2) is 6.10 Å². The lowest BCUT2D eigenvalue weighted by Crippen LogP contribution is -2.37. The van der Waals surface area contributed by atoms with Crippen molar-refractivity contribution < 1.29 is 42.1 Å². The van der Waals surface area contributed by atoms with Crippen molar-refractivity contribution in [2.24, 2.45) is 0 Å². The largest absolute Gasteiger partial charge is 0.472 e. The Kier molecular flexibility index (Phi) is 30.4. The fourth-order valence-electron chi connectivity index (χ4n) is 5.31. The van der Waals surface area contributed by atoms with E-state index in [1.54, 1.807) is 0 Å². The number of nitrogens with zero attached hydrogens (tertiary/aromatic N) is 1. The van der Waals surface area contributed by atoms with Crippen LogP contribution in [0.1, 0.15) is 174 Å². The predicted molar refractivity (Wildman–Crippen MR) is 192 cm³/mol. The minimum Gasteiger partial charge on any atom is -0.462 e. The molecule has 0 fully saturated rings. The summed E-state index contributed by atoms with van der Waals surface area (Å²) in [7, 11) is 1.49. The highest BCUT2D eigenvalue weighted by Gasteiger charge is 2.27. The van der Waals surface area contributed by atoms with Gasteiger partial charge in [0, 0.05) is 12.8 Å². The van der Waals surface area contributed by atoms with Crippen LogP contribution in [0.25, 0.3) is 0 Å². The lowest BCUT2D eigenvalue weighted by atomic mass is 10.0. The first-order chi connectivity index (χ1) is 22.5. The normalized spacial score (nSPS) is 13.7. The molecule has 0 radical (unpaired) electrons. The summed E-state index contributed by atoms with van der Waals surface area (Å²) in [5, 5.41) is 0. The second-order valence-electron chi connectivity index (χ2n) is 14.3. The van der Waals surface area contributed by atoms with Crippen molar-refractivity contribution in [1.82, 2.24) is 0 Å². The third-order valence-corrected chi connectivity index (χ3v) is 9.37. The summed E-state index contributed by atoms with van der Waals surface area (Å²) >= 11 is 0. The Morgan fingerprint density at radius 1 is 0.574 bits per heavy atom.